The molecular weight excluding hydrogens is 242 g/mol. The van der Waals surface area contributed by atoms with Crippen molar-refractivity contribution in [2.45, 2.75) is 45.2 Å². The molecule has 0 radical (unpaired) electrons. The van der Waals surface area contributed by atoms with Crippen molar-refractivity contribution in [1.29, 1.82) is 0 Å². The fraction of sp³-hybridized carbons (Fsp3) is 0.786. The minimum Gasteiger partial charge on any atom is -0.327 e. The van der Waals surface area contributed by atoms with Crippen LogP contribution in [0.1, 0.15) is 36.9 Å². The Morgan fingerprint density at radius 3 is 3.11 bits per heavy atom. The van der Waals surface area contributed by atoms with Gasteiger partial charge in [0.25, 0.3) is 0 Å². The summed E-state index contributed by atoms with van der Waals surface area (Å²) in [4.78, 5) is 7.28. The van der Waals surface area contributed by atoms with E-state index in [2.05, 4.69) is 17.2 Å². The van der Waals surface area contributed by atoms with Gasteiger partial charge in [-0.05, 0) is 37.5 Å². The number of aromatic nitrogens is 1. The summed E-state index contributed by atoms with van der Waals surface area (Å²) in [5.41, 5.74) is 7.44. The number of likely N-dealkylation sites (tertiary alicyclic amines) is 1. The monoisotopic (exact) mass is 265 g/mol. The molecule has 3 unspecified atom stereocenters. The van der Waals surface area contributed by atoms with Crippen LogP contribution in [0.3, 0.4) is 0 Å². The van der Waals surface area contributed by atoms with E-state index in [1.165, 1.54) is 43.1 Å². The molecule has 0 bridgehead atoms. The van der Waals surface area contributed by atoms with Gasteiger partial charge in [-0.15, -0.1) is 11.3 Å². The van der Waals surface area contributed by atoms with Gasteiger partial charge in [0.2, 0.25) is 0 Å². The predicted molar refractivity (Wildman–Crippen MR) is 75.6 cm³/mol. The highest BCUT2D eigenvalue weighted by Gasteiger charge is 2.40. The van der Waals surface area contributed by atoms with Gasteiger partial charge < -0.3 is 5.73 Å². The summed E-state index contributed by atoms with van der Waals surface area (Å²) in [6.45, 7) is 5.66. The van der Waals surface area contributed by atoms with Gasteiger partial charge in [0.05, 0.1) is 10.7 Å². The first kappa shape index (κ1) is 12.6. The van der Waals surface area contributed by atoms with Crippen molar-refractivity contribution in [2.24, 2.45) is 17.6 Å². The molecule has 3 atom stereocenters. The molecule has 2 heterocycles. The molecule has 1 saturated carbocycles. The number of nitrogens with two attached hydrogens (primary N) is 1. The largest absolute Gasteiger partial charge is 0.327 e. The summed E-state index contributed by atoms with van der Waals surface area (Å²) in [7, 11) is 0. The van der Waals surface area contributed by atoms with Gasteiger partial charge in [0, 0.05) is 31.1 Å². The molecule has 4 heteroatoms. The van der Waals surface area contributed by atoms with E-state index in [0.29, 0.717) is 6.04 Å². The number of hydrogen-bond acceptors (Lipinski definition) is 4. The highest BCUT2D eigenvalue weighted by Crippen LogP contribution is 2.37. The van der Waals surface area contributed by atoms with E-state index >= 15 is 0 Å². The van der Waals surface area contributed by atoms with Crippen molar-refractivity contribution >= 4 is 11.3 Å². The van der Waals surface area contributed by atoms with E-state index in [1.807, 2.05) is 11.3 Å². The van der Waals surface area contributed by atoms with Crippen LogP contribution in [-0.4, -0.2) is 29.0 Å². The average molecular weight is 265 g/mol. The molecule has 0 amide bonds. The molecular formula is C14H23N3S. The molecule has 0 spiro atoms. The van der Waals surface area contributed by atoms with Crippen LogP contribution >= 0.6 is 11.3 Å². The zero-order chi connectivity index (χ0) is 12.5. The van der Waals surface area contributed by atoms with E-state index in [9.17, 15) is 0 Å². The molecule has 1 aromatic heterocycles. The highest BCUT2D eigenvalue weighted by atomic mass is 32.1. The Kier molecular flexibility index (Phi) is 3.68. The normalized spacial score (nSPS) is 32.0. The lowest BCUT2D eigenvalue weighted by Gasteiger charge is -2.17. The van der Waals surface area contributed by atoms with Crippen LogP contribution in [-0.2, 0) is 13.0 Å². The van der Waals surface area contributed by atoms with Crippen molar-refractivity contribution in [1.82, 2.24) is 9.88 Å². The molecule has 0 aromatic carbocycles. The minimum atomic E-state index is 0.450. The van der Waals surface area contributed by atoms with Crippen molar-refractivity contribution in [3.63, 3.8) is 0 Å². The number of thiazole rings is 1. The second-order valence-electron chi connectivity index (χ2n) is 5.84. The van der Waals surface area contributed by atoms with Crippen LogP contribution in [0, 0.1) is 11.8 Å². The molecule has 100 valence electrons. The quantitative estimate of drug-likeness (QED) is 0.908. The summed E-state index contributed by atoms with van der Waals surface area (Å²) in [5, 5.41) is 3.53. The number of hydrogen-bond donors (Lipinski definition) is 1. The number of aryl methyl sites for hydroxylation is 1. The first-order valence-corrected chi connectivity index (χ1v) is 8.05. The lowest BCUT2D eigenvalue weighted by molar-refractivity contribution is 0.295. The van der Waals surface area contributed by atoms with Gasteiger partial charge in [-0.1, -0.05) is 6.92 Å². The Bertz CT molecular complexity index is 403. The average Bonchev–Trinajstić information content (AvgIpc) is 3.00. The molecule has 3 rings (SSSR count). The maximum absolute atomic E-state index is 6.18. The molecule has 1 saturated heterocycles. The van der Waals surface area contributed by atoms with E-state index in [-0.39, 0.29) is 0 Å². The Morgan fingerprint density at radius 2 is 2.33 bits per heavy atom. The fourth-order valence-corrected chi connectivity index (χ4v) is 4.40. The zero-order valence-corrected chi connectivity index (χ0v) is 12.0. The van der Waals surface area contributed by atoms with Gasteiger partial charge >= 0.3 is 0 Å². The fourth-order valence-electron chi connectivity index (χ4n) is 3.51. The summed E-state index contributed by atoms with van der Waals surface area (Å²) < 4.78 is 0. The van der Waals surface area contributed by atoms with Gasteiger partial charge in [0.15, 0.2) is 0 Å². The lowest BCUT2D eigenvalue weighted by atomic mass is 9.98. The van der Waals surface area contributed by atoms with E-state index in [1.54, 1.807) is 0 Å². The summed E-state index contributed by atoms with van der Waals surface area (Å²) in [6.07, 6.45) is 4.89. The lowest BCUT2D eigenvalue weighted by Crippen LogP contribution is -2.30. The molecule has 3 nitrogen and oxygen atoms in total. The van der Waals surface area contributed by atoms with Crippen LogP contribution in [0.5, 0.6) is 0 Å². The van der Waals surface area contributed by atoms with Crippen molar-refractivity contribution < 1.29 is 0 Å². The Morgan fingerprint density at radius 1 is 1.44 bits per heavy atom. The maximum Gasteiger partial charge on any atom is 0.0928 e. The van der Waals surface area contributed by atoms with Crippen molar-refractivity contribution in [3.8, 4) is 0 Å². The topological polar surface area (TPSA) is 42.2 Å². The van der Waals surface area contributed by atoms with Crippen LogP contribution in [0.4, 0.5) is 0 Å². The number of nitrogens with zero attached hydrogens (tertiary/aromatic N) is 2. The maximum atomic E-state index is 6.18. The van der Waals surface area contributed by atoms with Gasteiger partial charge in [-0.2, -0.15) is 0 Å². The third-order valence-corrected chi connectivity index (χ3v) is 5.39. The second kappa shape index (κ2) is 5.27. The molecule has 1 aromatic rings. The first-order valence-electron chi connectivity index (χ1n) is 7.17. The number of fused-ring (bicyclic) bond motifs is 1. The van der Waals surface area contributed by atoms with Gasteiger partial charge in [-0.3, -0.25) is 4.90 Å². The smallest absolute Gasteiger partial charge is 0.0928 e. The van der Waals surface area contributed by atoms with Gasteiger partial charge in [0.1, 0.15) is 0 Å². The van der Waals surface area contributed by atoms with Crippen LogP contribution < -0.4 is 5.73 Å². The van der Waals surface area contributed by atoms with Gasteiger partial charge in [-0.25, -0.2) is 4.98 Å². The first-order chi connectivity index (χ1) is 8.76. The Hall–Kier alpha value is -0.450. The highest BCUT2D eigenvalue weighted by molar-refractivity contribution is 7.09. The summed E-state index contributed by atoms with van der Waals surface area (Å²) in [5.74, 6) is 1.60. The predicted octanol–water partition coefficient (Wildman–Crippen LogP) is 2.26. The summed E-state index contributed by atoms with van der Waals surface area (Å²) in [6, 6.07) is 0.450. The molecule has 1 aliphatic heterocycles. The molecule has 1 aliphatic carbocycles. The van der Waals surface area contributed by atoms with Crippen molar-refractivity contribution in [2.75, 3.05) is 13.1 Å². The molecule has 2 N–H and O–H groups in total. The summed E-state index contributed by atoms with van der Waals surface area (Å²) >= 11 is 1.82. The Balaban J connectivity index is 1.57. The molecule has 2 aliphatic rings. The van der Waals surface area contributed by atoms with E-state index in [0.717, 1.165) is 24.8 Å². The second-order valence-corrected chi connectivity index (χ2v) is 6.78. The zero-order valence-electron chi connectivity index (χ0n) is 11.1. The number of rotatable bonds is 4. The molecule has 18 heavy (non-hydrogen) atoms. The van der Waals surface area contributed by atoms with Crippen LogP contribution in [0.25, 0.3) is 0 Å². The third-order valence-electron chi connectivity index (χ3n) is 4.44. The standard InChI is InChI=1S/C14H23N3S/c1-2-3-14-16-11(9-18-14)7-17-6-10-4-5-13(15)12(10)8-17/h9-10,12-13H,2-8,15H2,1H3. The minimum absolute atomic E-state index is 0.450. The molecule has 2 fully saturated rings. The van der Waals surface area contributed by atoms with Crippen LogP contribution in [0.2, 0.25) is 0 Å². The van der Waals surface area contributed by atoms with E-state index < -0.39 is 0 Å². The Labute approximate surface area is 113 Å². The SMILES string of the molecule is CCCc1nc(CN2CC3CCC(N)C3C2)cs1. The van der Waals surface area contributed by atoms with E-state index in [4.69, 9.17) is 10.7 Å². The van der Waals surface area contributed by atoms with Crippen molar-refractivity contribution in [3.05, 3.63) is 16.1 Å². The third kappa shape index (κ3) is 2.46. The van der Waals surface area contributed by atoms with Crippen LogP contribution in [0.15, 0.2) is 5.38 Å².